The van der Waals surface area contributed by atoms with Gasteiger partial charge in [0.05, 0.1) is 17.7 Å². The van der Waals surface area contributed by atoms with Crippen LogP contribution >= 0.6 is 11.6 Å². The first-order chi connectivity index (χ1) is 7.88. The van der Waals surface area contributed by atoms with Crippen molar-refractivity contribution in [3.05, 3.63) is 24.0 Å². The molecule has 0 amide bonds. The number of halogens is 1. The smallest absolute Gasteiger partial charge is 0.123 e. The Morgan fingerprint density at radius 1 is 1.25 bits per heavy atom. The predicted molar refractivity (Wildman–Crippen MR) is 65.9 cm³/mol. The van der Waals surface area contributed by atoms with E-state index < -0.39 is 0 Å². The minimum absolute atomic E-state index is 0.382. The summed E-state index contributed by atoms with van der Waals surface area (Å²) in [6.45, 7) is 0. The summed E-state index contributed by atoms with van der Waals surface area (Å²) in [5, 5.41) is 0. The van der Waals surface area contributed by atoms with E-state index in [1.165, 1.54) is 38.5 Å². The van der Waals surface area contributed by atoms with Gasteiger partial charge in [-0.25, -0.2) is 0 Å². The summed E-state index contributed by atoms with van der Waals surface area (Å²) in [4.78, 5) is 4.16. The molecule has 1 saturated carbocycles. The van der Waals surface area contributed by atoms with Gasteiger partial charge in [0.2, 0.25) is 0 Å². The van der Waals surface area contributed by atoms with E-state index in [9.17, 15) is 0 Å². The molecular formula is C13H18ClNO. The van der Waals surface area contributed by atoms with Crippen molar-refractivity contribution in [2.45, 2.75) is 50.5 Å². The average molecular weight is 240 g/mol. The molecule has 0 radical (unpaired) electrons. The van der Waals surface area contributed by atoms with Crippen LogP contribution in [0.3, 0.4) is 0 Å². The Hall–Kier alpha value is -0.760. The van der Waals surface area contributed by atoms with Crippen LogP contribution in [0.5, 0.6) is 5.75 Å². The number of pyridine rings is 1. The van der Waals surface area contributed by atoms with Gasteiger partial charge in [0, 0.05) is 12.3 Å². The molecule has 1 aromatic heterocycles. The summed E-state index contributed by atoms with van der Waals surface area (Å²) in [5.74, 6) is 1.36. The Bertz CT molecular complexity index is 321. The number of aromatic nitrogens is 1. The summed E-state index contributed by atoms with van der Waals surface area (Å²) in [5.41, 5.74) is 0.882. The second kappa shape index (κ2) is 6.09. The van der Waals surface area contributed by atoms with Crippen LogP contribution in [0.2, 0.25) is 0 Å². The minimum atomic E-state index is 0.382. The number of rotatable bonds is 3. The van der Waals surface area contributed by atoms with Crippen LogP contribution in [-0.4, -0.2) is 11.1 Å². The highest BCUT2D eigenvalue weighted by Crippen LogP contribution is 2.23. The molecule has 1 aliphatic carbocycles. The van der Waals surface area contributed by atoms with Gasteiger partial charge in [-0.1, -0.05) is 12.8 Å². The highest BCUT2D eigenvalue weighted by atomic mass is 35.5. The van der Waals surface area contributed by atoms with E-state index in [-0.39, 0.29) is 0 Å². The fraction of sp³-hybridized carbons (Fsp3) is 0.615. The van der Waals surface area contributed by atoms with Gasteiger partial charge in [-0.05, 0) is 31.7 Å². The molecule has 0 atom stereocenters. The van der Waals surface area contributed by atoms with Gasteiger partial charge >= 0.3 is 0 Å². The molecule has 0 saturated heterocycles. The molecule has 0 aromatic carbocycles. The number of hydrogen-bond acceptors (Lipinski definition) is 2. The zero-order chi connectivity index (χ0) is 11.2. The average Bonchev–Trinajstić information content (AvgIpc) is 2.58. The van der Waals surface area contributed by atoms with Crippen molar-refractivity contribution < 1.29 is 4.74 Å². The van der Waals surface area contributed by atoms with Crippen LogP contribution in [-0.2, 0) is 5.88 Å². The molecule has 2 nitrogen and oxygen atoms in total. The van der Waals surface area contributed by atoms with Gasteiger partial charge in [-0.2, -0.15) is 0 Å². The van der Waals surface area contributed by atoms with E-state index in [2.05, 4.69) is 4.98 Å². The zero-order valence-corrected chi connectivity index (χ0v) is 10.2. The summed E-state index contributed by atoms with van der Waals surface area (Å²) < 4.78 is 5.98. The summed E-state index contributed by atoms with van der Waals surface area (Å²) in [6, 6.07) is 3.86. The van der Waals surface area contributed by atoms with Crippen molar-refractivity contribution in [3.63, 3.8) is 0 Å². The first-order valence-electron chi connectivity index (χ1n) is 6.06. The van der Waals surface area contributed by atoms with E-state index in [1.807, 2.05) is 12.1 Å². The topological polar surface area (TPSA) is 22.1 Å². The SMILES string of the molecule is ClCc1cc(OC2CCCCCC2)ccn1. The van der Waals surface area contributed by atoms with Crippen LogP contribution in [0, 0.1) is 0 Å². The van der Waals surface area contributed by atoms with Crippen molar-refractivity contribution in [3.8, 4) is 5.75 Å². The normalized spacial score (nSPS) is 18.1. The summed E-state index contributed by atoms with van der Waals surface area (Å²) >= 11 is 5.75. The third-order valence-corrected chi connectivity index (χ3v) is 3.30. The molecule has 0 spiro atoms. The molecule has 0 bridgehead atoms. The predicted octanol–water partition coefficient (Wildman–Crippen LogP) is 3.92. The highest BCUT2D eigenvalue weighted by Gasteiger charge is 2.13. The van der Waals surface area contributed by atoms with E-state index in [1.54, 1.807) is 6.20 Å². The number of ether oxygens (including phenoxy) is 1. The molecule has 1 fully saturated rings. The van der Waals surface area contributed by atoms with Crippen molar-refractivity contribution in [1.82, 2.24) is 4.98 Å². The van der Waals surface area contributed by atoms with E-state index in [0.717, 1.165) is 11.4 Å². The Morgan fingerprint density at radius 3 is 2.69 bits per heavy atom. The van der Waals surface area contributed by atoms with Gasteiger partial charge in [-0.15, -0.1) is 11.6 Å². The van der Waals surface area contributed by atoms with Crippen LogP contribution in [0.15, 0.2) is 18.3 Å². The third-order valence-electron chi connectivity index (χ3n) is 3.03. The first kappa shape index (κ1) is 11.7. The Labute approximate surface area is 102 Å². The van der Waals surface area contributed by atoms with Crippen LogP contribution in [0.25, 0.3) is 0 Å². The van der Waals surface area contributed by atoms with Gasteiger partial charge < -0.3 is 4.74 Å². The number of nitrogens with zero attached hydrogens (tertiary/aromatic N) is 1. The lowest BCUT2D eigenvalue weighted by molar-refractivity contribution is 0.183. The molecule has 3 heteroatoms. The Balaban J connectivity index is 1.96. The van der Waals surface area contributed by atoms with Crippen molar-refractivity contribution in [1.29, 1.82) is 0 Å². The van der Waals surface area contributed by atoms with Crippen molar-refractivity contribution >= 4 is 11.6 Å². The number of hydrogen-bond donors (Lipinski definition) is 0. The monoisotopic (exact) mass is 239 g/mol. The number of alkyl halides is 1. The van der Waals surface area contributed by atoms with Gasteiger partial charge in [0.25, 0.3) is 0 Å². The van der Waals surface area contributed by atoms with E-state index in [0.29, 0.717) is 12.0 Å². The molecule has 2 rings (SSSR count). The molecule has 0 N–H and O–H groups in total. The van der Waals surface area contributed by atoms with Crippen LogP contribution in [0.1, 0.15) is 44.2 Å². The molecule has 0 unspecified atom stereocenters. The Kier molecular flexibility index (Phi) is 4.46. The quantitative estimate of drug-likeness (QED) is 0.589. The first-order valence-corrected chi connectivity index (χ1v) is 6.59. The van der Waals surface area contributed by atoms with Crippen molar-refractivity contribution in [2.24, 2.45) is 0 Å². The highest BCUT2D eigenvalue weighted by molar-refractivity contribution is 6.16. The maximum absolute atomic E-state index is 5.98. The Morgan fingerprint density at radius 2 is 2.00 bits per heavy atom. The largest absolute Gasteiger partial charge is 0.490 e. The molecule has 0 aliphatic heterocycles. The molecule has 16 heavy (non-hydrogen) atoms. The second-order valence-electron chi connectivity index (χ2n) is 4.35. The third kappa shape index (κ3) is 3.38. The second-order valence-corrected chi connectivity index (χ2v) is 4.62. The van der Waals surface area contributed by atoms with Gasteiger partial charge in [0.1, 0.15) is 5.75 Å². The van der Waals surface area contributed by atoms with E-state index in [4.69, 9.17) is 16.3 Å². The summed E-state index contributed by atoms with van der Waals surface area (Å²) in [6.07, 6.45) is 9.79. The lowest BCUT2D eigenvalue weighted by Gasteiger charge is -2.17. The maximum Gasteiger partial charge on any atom is 0.123 e. The molecule has 1 aliphatic rings. The lowest BCUT2D eigenvalue weighted by Crippen LogP contribution is -2.15. The fourth-order valence-electron chi connectivity index (χ4n) is 2.15. The fourth-order valence-corrected chi connectivity index (χ4v) is 2.30. The standard InChI is InChI=1S/C13H18ClNO/c14-10-11-9-13(7-8-15-11)16-12-5-3-1-2-4-6-12/h7-9,12H,1-6,10H2. The van der Waals surface area contributed by atoms with E-state index >= 15 is 0 Å². The van der Waals surface area contributed by atoms with Gasteiger partial charge in [-0.3, -0.25) is 4.98 Å². The van der Waals surface area contributed by atoms with Gasteiger partial charge in [0.15, 0.2) is 0 Å². The zero-order valence-electron chi connectivity index (χ0n) is 9.49. The molecule has 1 aromatic rings. The van der Waals surface area contributed by atoms with Crippen LogP contribution in [0.4, 0.5) is 0 Å². The maximum atomic E-state index is 5.98. The van der Waals surface area contributed by atoms with Crippen LogP contribution < -0.4 is 4.74 Å². The lowest BCUT2D eigenvalue weighted by atomic mass is 10.1. The summed E-state index contributed by atoms with van der Waals surface area (Å²) in [7, 11) is 0. The van der Waals surface area contributed by atoms with Crippen molar-refractivity contribution in [2.75, 3.05) is 0 Å². The molecular weight excluding hydrogens is 222 g/mol. The minimum Gasteiger partial charge on any atom is -0.490 e. The molecule has 1 heterocycles. The molecule has 88 valence electrons.